The molecule has 0 spiro atoms. The molecule has 1 N–H and O–H groups in total. The number of piperazine rings is 1. The molecular formula is C25H32F3N7O. The number of benzene rings is 1. The van der Waals surface area contributed by atoms with E-state index in [2.05, 4.69) is 32.1 Å². The van der Waals surface area contributed by atoms with E-state index in [0.717, 1.165) is 44.6 Å². The highest BCUT2D eigenvalue weighted by atomic mass is 19.4. The van der Waals surface area contributed by atoms with Crippen molar-refractivity contribution >= 4 is 17.1 Å². The van der Waals surface area contributed by atoms with E-state index in [4.69, 9.17) is 0 Å². The van der Waals surface area contributed by atoms with Crippen LogP contribution in [0.1, 0.15) is 37.3 Å². The second-order valence-electron chi connectivity index (χ2n) is 9.88. The molecule has 5 rings (SSSR count). The van der Waals surface area contributed by atoms with Crippen LogP contribution in [0.25, 0.3) is 11.2 Å². The van der Waals surface area contributed by atoms with Gasteiger partial charge in [-0.1, -0.05) is 19.1 Å². The molecule has 3 aromatic rings. The van der Waals surface area contributed by atoms with Gasteiger partial charge in [-0.3, -0.25) is 14.0 Å². The Labute approximate surface area is 207 Å². The second-order valence-corrected chi connectivity index (χ2v) is 9.88. The van der Waals surface area contributed by atoms with E-state index in [1.807, 2.05) is 6.92 Å². The van der Waals surface area contributed by atoms with Crippen molar-refractivity contribution in [1.82, 2.24) is 28.9 Å². The second kappa shape index (κ2) is 9.85. The highest BCUT2D eigenvalue weighted by Crippen LogP contribution is 2.30. The summed E-state index contributed by atoms with van der Waals surface area (Å²) in [5.74, 6) is 0.430. The summed E-state index contributed by atoms with van der Waals surface area (Å²) >= 11 is 0. The predicted octanol–water partition coefficient (Wildman–Crippen LogP) is 3.26. The number of hydrogen-bond donors (Lipinski definition) is 1. The summed E-state index contributed by atoms with van der Waals surface area (Å²) in [4.78, 5) is 27.4. The van der Waals surface area contributed by atoms with Crippen LogP contribution in [0.2, 0.25) is 0 Å². The number of halogens is 3. The Morgan fingerprint density at radius 1 is 1.08 bits per heavy atom. The number of imidazole rings is 1. The normalized spacial score (nSPS) is 20.6. The van der Waals surface area contributed by atoms with Gasteiger partial charge >= 0.3 is 11.9 Å². The number of aromatic nitrogens is 4. The van der Waals surface area contributed by atoms with E-state index in [9.17, 15) is 18.0 Å². The first kappa shape index (κ1) is 24.8. The summed E-state index contributed by atoms with van der Waals surface area (Å²) < 4.78 is 42.2. The first-order valence-electron chi connectivity index (χ1n) is 12.5. The number of aryl methyl sites for hydroxylation is 1. The van der Waals surface area contributed by atoms with Crippen molar-refractivity contribution in [3.05, 3.63) is 52.1 Å². The molecule has 2 aromatic heterocycles. The lowest BCUT2D eigenvalue weighted by Gasteiger charge is -2.31. The number of hydrogen-bond acceptors (Lipinski definition) is 6. The molecule has 11 heteroatoms. The third-order valence-electron chi connectivity index (χ3n) is 7.37. The molecule has 1 aromatic carbocycles. The van der Waals surface area contributed by atoms with Crippen molar-refractivity contribution in [2.75, 3.05) is 38.5 Å². The molecule has 2 aliphatic rings. The van der Waals surface area contributed by atoms with Crippen molar-refractivity contribution in [2.45, 2.75) is 57.5 Å². The van der Waals surface area contributed by atoms with Crippen LogP contribution in [0.3, 0.4) is 0 Å². The molecule has 0 saturated carbocycles. The first-order valence-corrected chi connectivity index (χ1v) is 12.5. The Kier molecular flexibility index (Phi) is 6.78. The number of anilines is 1. The lowest BCUT2D eigenvalue weighted by Crippen LogP contribution is -2.45. The van der Waals surface area contributed by atoms with E-state index in [-0.39, 0.29) is 12.2 Å². The van der Waals surface area contributed by atoms with Gasteiger partial charge in [-0.05, 0) is 44.0 Å². The zero-order valence-electron chi connectivity index (χ0n) is 20.6. The summed E-state index contributed by atoms with van der Waals surface area (Å²) in [5, 5.41) is 3.15. The molecule has 8 nitrogen and oxygen atoms in total. The molecule has 194 valence electrons. The van der Waals surface area contributed by atoms with Crippen LogP contribution in [-0.4, -0.2) is 74.2 Å². The highest BCUT2D eigenvalue weighted by molar-refractivity contribution is 5.72. The van der Waals surface area contributed by atoms with Gasteiger partial charge in [0.1, 0.15) is 5.52 Å². The van der Waals surface area contributed by atoms with Gasteiger partial charge in [-0.15, -0.1) is 0 Å². The number of likely N-dealkylation sites (tertiary alicyclic amines) is 2. The average Bonchev–Trinajstić information content (AvgIpc) is 3.49. The molecule has 0 radical (unpaired) electrons. The van der Waals surface area contributed by atoms with Gasteiger partial charge in [0, 0.05) is 44.8 Å². The van der Waals surface area contributed by atoms with Crippen LogP contribution in [-0.2, 0) is 19.3 Å². The molecule has 2 saturated heterocycles. The molecule has 36 heavy (non-hydrogen) atoms. The van der Waals surface area contributed by atoms with Crippen molar-refractivity contribution < 1.29 is 13.2 Å². The number of rotatable bonds is 9. The van der Waals surface area contributed by atoms with E-state index in [0.29, 0.717) is 47.8 Å². The van der Waals surface area contributed by atoms with E-state index < -0.39 is 11.7 Å². The zero-order valence-corrected chi connectivity index (χ0v) is 20.6. The van der Waals surface area contributed by atoms with E-state index in [1.54, 1.807) is 10.8 Å². The van der Waals surface area contributed by atoms with Crippen molar-refractivity contribution in [1.29, 1.82) is 0 Å². The van der Waals surface area contributed by atoms with Crippen LogP contribution >= 0.6 is 0 Å². The highest BCUT2D eigenvalue weighted by Gasteiger charge is 2.40. The standard InChI is InChI=1S/C25H32F3N7O/c1-3-9-29-23-30-13-21-22(31-23)35(14-17-5-7-18(8-6-17)25(26,27)28)24(36)34(21)11-4-10-33-16-19-12-20(33)15-32(19)2/h5-8,13,19-20H,3-4,9-12,14-16H2,1-2H3,(H,29,30,31). The number of nitrogens with zero attached hydrogens (tertiary/aromatic N) is 6. The number of alkyl halides is 3. The summed E-state index contributed by atoms with van der Waals surface area (Å²) in [7, 11) is 2.18. The SMILES string of the molecule is CCCNc1ncc2c(n1)n(Cc1ccc(C(F)(F)F)cc1)c(=O)n2CCCN1CC2CC1CN2C. The van der Waals surface area contributed by atoms with Gasteiger partial charge in [0.05, 0.1) is 18.3 Å². The van der Waals surface area contributed by atoms with Crippen LogP contribution in [0, 0.1) is 0 Å². The third-order valence-corrected chi connectivity index (χ3v) is 7.37. The van der Waals surface area contributed by atoms with Crippen LogP contribution in [0.4, 0.5) is 19.1 Å². The van der Waals surface area contributed by atoms with Crippen LogP contribution < -0.4 is 11.0 Å². The molecule has 4 heterocycles. The summed E-state index contributed by atoms with van der Waals surface area (Å²) in [6.07, 6.45) is 0.196. The third kappa shape index (κ3) is 4.86. The van der Waals surface area contributed by atoms with Gasteiger partial charge in [0.25, 0.3) is 0 Å². The number of nitrogens with one attached hydrogen (secondary N) is 1. The number of likely N-dealkylation sites (N-methyl/N-ethyl adjacent to an activating group) is 1. The average molecular weight is 504 g/mol. The monoisotopic (exact) mass is 503 g/mol. The van der Waals surface area contributed by atoms with Crippen LogP contribution in [0.5, 0.6) is 0 Å². The van der Waals surface area contributed by atoms with Gasteiger partial charge in [-0.25, -0.2) is 9.78 Å². The van der Waals surface area contributed by atoms with Crippen LogP contribution in [0.15, 0.2) is 35.3 Å². The fraction of sp³-hybridized carbons (Fsp3) is 0.560. The Bertz CT molecular complexity index is 1270. The maximum atomic E-state index is 13.5. The van der Waals surface area contributed by atoms with Gasteiger partial charge in [-0.2, -0.15) is 18.2 Å². The molecule has 2 atom stereocenters. The Balaban J connectivity index is 1.39. The molecule has 0 aliphatic carbocycles. The predicted molar refractivity (Wildman–Crippen MR) is 132 cm³/mol. The van der Waals surface area contributed by atoms with E-state index >= 15 is 0 Å². The lowest BCUT2D eigenvalue weighted by atomic mass is 10.1. The minimum Gasteiger partial charge on any atom is -0.354 e. The molecule has 2 bridgehead atoms. The molecule has 2 aliphatic heterocycles. The number of fused-ring (bicyclic) bond motifs is 3. The summed E-state index contributed by atoms with van der Waals surface area (Å²) in [6, 6.07) is 6.14. The largest absolute Gasteiger partial charge is 0.416 e. The van der Waals surface area contributed by atoms with Gasteiger partial charge < -0.3 is 10.2 Å². The maximum Gasteiger partial charge on any atom is 0.416 e. The van der Waals surface area contributed by atoms with Crippen molar-refractivity contribution in [3.8, 4) is 0 Å². The summed E-state index contributed by atoms with van der Waals surface area (Å²) in [5.41, 5.74) is 0.778. The lowest BCUT2D eigenvalue weighted by molar-refractivity contribution is -0.137. The van der Waals surface area contributed by atoms with Gasteiger partial charge in [0.2, 0.25) is 5.95 Å². The molecule has 2 fully saturated rings. The molecular weight excluding hydrogens is 471 g/mol. The Morgan fingerprint density at radius 2 is 1.86 bits per heavy atom. The minimum absolute atomic E-state index is 0.132. The Hall–Kier alpha value is -2.92. The maximum absolute atomic E-state index is 13.5. The first-order chi connectivity index (χ1) is 17.2. The van der Waals surface area contributed by atoms with Crippen molar-refractivity contribution in [2.24, 2.45) is 0 Å². The fourth-order valence-corrected chi connectivity index (χ4v) is 5.41. The smallest absolute Gasteiger partial charge is 0.354 e. The topological polar surface area (TPSA) is 71.2 Å². The zero-order chi connectivity index (χ0) is 25.4. The van der Waals surface area contributed by atoms with E-state index in [1.165, 1.54) is 23.1 Å². The fourth-order valence-electron chi connectivity index (χ4n) is 5.41. The van der Waals surface area contributed by atoms with Gasteiger partial charge in [0.15, 0.2) is 5.65 Å². The van der Waals surface area contributed by atoms with Crippen molar-refractivity contribution in [3.63, 3.8) is 0 Å². The Morgan fingerprint density at radius 3 is 2.50 bits per heavy atom. The molecule has 2 unspecified atom stereocenters. The quantitative estimate of drug-likeness (QED) is 0.484. The minimum atomic E-state index is -4.40. The molecule has 0 amide bonds. The summed E-state index contributed by atoms with van der Waals surface area (Å²) in [6.45, 7) is 6.48.